The summed E-state index contributed by atoms with van der Waals surface area (Å²) in [5, 5.41) is 8.67. The number of nitrogens with zero attached hydrogens (tertiary/aromatic N) is 2. The molecule has 0 aromatic heterocycles. The van der Waals surface area contributed by atoms with Gasteiger partial charge in [0.05, 0.1) is 11.1 Å². The van der Waals surface area contributed by atoms with E-state index < -0.39 is 5.82 Å². The van der Waals surface area contributed by atoms with E-state index in [1.807, 2.05) is 0 Å². The lowest BCUT2D eigenvalue weighted by Gasteiger charge is -2.10. The zero-order valence-corrected chi connectivity index (χ0v) is 7.84. The Kier molecular flexibility index (Phi) is 2.82. The van der Waals surface area contributed by atoms with Crippen molar-refractivity contribution in [2.24, 2.45) is 0 Å². The molecular formula is C10H8FN2O. The largest absolute Gasteiger partial charge is 0.345 e. The summed E-state index contributed by atoms with van der Waals surface area (Å²) in [5.74, 6) is -0.977. The molecule has 0 saturated heterocycles. The van der Waals surface area contributed by atoms with Crippen molar-refractivity contribution in [1.82, 2.24) is 4.90 Å². The van der Waals surface area contributed by atoms with Gasteiger partial charge in [0.2, 0.25) is 0 Å². The first-order valence-electron chi connectivity index (χ1n) is 3.89. The van der Waals surface area contributed by atoms with Gasteiger partial charge < -0.3 is 4.90 Å². The van der Waals surface area contributed by atoms with E-state index in [1.54, 1.807) is 20.2 Å². The molecule has 0 aliphatic rings. The van der Waals surface area contributed by atoms with Gasteiger partial charge in [0.25, 0.3) is 5.91 Å². The number of amides is 1. The molecule has 71 valence electrons. The van der Waals surface area contributed by atoms with Gasteiger partial charge >= 0.3 is 0 Å². The maximum atomic E-state index is 12.7. The van der Waals surface area contributed by atoms with Gasteiger partial charge in [-0.1, -0.05) is 0 Å². The Morgan fingerprint density at radius 1 is 1.64 bits per heavy atom. The Bertz CT molecular complexity index is 407. The molecule has 1 aromatic carbocycles. The quantitative estimate of drug-likeness (QED) is 0.669. The topological polar surface area (TPSA) is 44.1 Å². The highest BCUT2D eigenvalue weighted by Gasteiger charge is 2.13. The molecule has 0 spiro atoms. The molecular weight excluding hydrogens is 183 g/mol. The predicted octanol–water partition coefficient (Wildman–Crippen LogP) is 1.20. The van der Waals surface area contributed by atoms with Crippen LogP contribution in [0.25, 0.3) is 0 Å². The molecule has 14 heavy (non-hydrogen) atoms. The summed E-state index contributed by atoms with van der Waals surface area (Å²) in [5.41, 5.74) is 0.193. The summed E-state index contributed by atoms with van der Waals surface area (Å²) in [6, 6.07) is 6.20. The molecule has 0 bridgehead atoms. The van der Waals surface area contributed by atoms with Crippen molar-refractivity contribution < 1.29 is 9.18 Å². The molecule has 3 nitrogen and oxygen atoms in total. The van der Waals surface area contributed by atoms with Crippen LogP contribution < -0.4 is 0 Å². The maximum absolute atomic E-state index is 12.7. The van der Waals surface area contributed by atoms with Crippen LogP contribution in [0.4, 0.5) is 4.39 Å². The lowest BCUT2D eigenvalue weighted by Crippen LogP contribution is -2.22. The minimum atomic E-state index is -0.642. The molecule has 0 unspecified atom stereocenters. The molecule has 0 saturated carbocycles. The van der Waals surface area contributed by atoms with E-state index in [1.165, 1.54) is 11.0 Å². The average Bonchev–Trinajstić information content (AvgIpc) is 2.16. The molecule has 0 aliphatic carbocycles. The van der Waals surface area contributed by atoms with Gasteiger partial charge in [0.15, 0.2) is 0 Å². The van der Waals surface area contributed by atoms with Gasteiger partial charge in [-0.3, -0.25) is 4.79 Å². The molecule has 0 heterocycles. The SMILES string of the molecule is CN(C)C(=O)c1c[c]c(F)cc1C#N. The average molecular weight is 191 g/mol. The lowest BCUT2D eigenvalue weighted by atomic mass is 10.1. The Hall–Kier alpha value is -1.89. The van der Waals surface area contributed by atoms with Crippen LogP contribution in [0.15, 0.2) is 12.1 Å². The minimum absolute atomic E-state index is 0.0277. The van der Waals surface area contributed by atoms with Crippen LogP contribution in [0.2, 0.25) is 0 Å². The number of carbonyl (C=O) groups excluding carboxylic acids is 1. The van der Waals surface area contributed by atoms with E-state index in [0.29, 0.717) is 0 Å². The number of carbonyl (C=O) groups is 1. The first kappa shape index (κ1) is 10.2. The van der Waals surface area contributed by atoms with Crippen molar-refractivity contribution in [3.8, 4) is 6.07 Å². The van der Waals surface area contributed by atoms with Gasteiger partial charge in [0.1, 0.15) is 11.9 Å². The third-order valence-electron chi connectivity index (χ3n) is 1.67. The number of hydrogen-bond donors (Lipinski definition) is 0. The van der Waals surface area contributed by atoms with E-state index in [9.17, 15) is 9.18 Å². The number of halogens is 1. The molecule has 1 aromatic rings. The zero-order chi connectivity index (χ0) is 10.7. The third kappa shape index (κ3) is 1.88. The molecule has 0 N–H and O–H groups in total. The van der Waals surface area contributed by atoms with Crippen LogP contribution >= 0.6 is 0 Å². The molecule has 1 radical (unpaired) electrons. The van der Waals surface area contributed by atoms with Crippen molar-refractivity contribution in [3.05, 3.63) is 35.1 Å². The van der Waals surface area contributed by atoms with Gasteiger partial charge in [-0.15, -0.1) is 0 Å². The van der Waals surface area contributed by atoms with Crippen molar-refractivity contribution >= 4 is 5.91 Å². The van der Waals surface area contributed by atoms with E-state index in [0.717, 1.165) is 6.07 Å². The number of benzene rings is 1. The lowest BCUT2D eigenvalue weighted by molar-refractivity contribution is 0.0827. The molecule has 0 atom stereocenters. The van der Waals surface area contributed by atoms with E-state index in [-0.39, 0.29) is 17.0 Å². The first-order valence-corrected chi connectivity index (χ1v) is 3.89. The van der Waals surface area contributed by atoms with Gasteiger partial charge in [-0.2, -0.15) is 5.26 Å². The van der Waals surface area contributed by atoms with Crippen LogP contribution in [-0.2, 0) is 0 Å². The van der Waals surface area contributed by atoms with Crippen molar-refractivity contribution in [1.29, 1.82) is 5.26 Å². The van der Waals surface area contributed by atoms with Gasteiger partial charge in [-0.25, -0.2) is 4.39 Å². The molecule has 0 aliphatic heterocycles. The first-order chi connectivity index (χ1) is 6.56. The fourth-order valence-electron chi connectivity index (χ4n) is 0.975. The maximum Gasteiger partial charge on any atom is 0.254 e. The highest BCUT2D eigenvalue weighted by Crippen LogP contribution is 2.11. The normalized spacial score (nSPS) is 9.29. The second-order valence-electron chi connectivity index (χ2n) is 2.92. The second-order valence-corrected chi connectivity index (χ2v) is 2.92. The van der Waals surface area contributed by atoms with Crippen LogP contribution in [0.3, 0.4) is 0 Å². The standard InChI is InChI=1S/C10H8FN2O/c1-13(2)10(14)9-4-3-8(11)5-7(9)6-12/h4-5H,1-2H3. The Morgan fingerprint density at radius 2 is 2.29 bits per heavy atom. The Morgan fingerprint density at radius 3 is 2.79 bits per heavy atom. The molecule has 1 rings (SSSR count). The molecule has 4 heteroatoms. The molecule has 1 amide bonds. The fraction of sp³-hybridized carbons (Fsp3) is 0.200. The van der Waals surface area contributed by atoms with Gasteiger partial charge in [-0.05, 0) is 12.1 Å². The summed E-state index contributed by atoms with van der Waals surface area (Å²) >= 11 is 0. The minimum Gasteiger partial charge on any atom is -0.345 e. The third-order valence-corrected chi connectivity index (χ3v) is 1.67. The van der Waals surface area contributed by atoms with Crippen molar-refractivity contribution in [3.63, 3.8) is 0 Å². The summed E-state index contributed by atoms with van der Waals surface area (Å²) in [4.78, 5) is 12.8. The monoisotopic (exact) mass is 191 g/mol. The Balaban J connectivity index is 3.23. The summed E-state index contributed by atoms with van der Waals surface area (Å²) in [7, 11) is 3.12. The van der Waals surface area contributed by atoms with Crippen molar-refractivity contribution in [2.45, 2.75) is 0 Å². The van der Waals surface area contributed by atoms with Crippen LogP contribution in [0, 0.1) is 23.2 Å². The van der Waals surface area contributed by atoms with Crippen molar-refractivity contribution in [2.75, 3.05) is 14.1 Å². The summed E-state index contributed by atoms with van der Waals surface area (Å²) in [6.45, 7) is 0. The van der Waals surface area contributed by atoms with E-state index >= 15 is 0 Å². The van der Waals surface area contributed by atoms with E-state index in [4.69, 9.17) is 5.26 Å². The van der Waals surface area contributed by atoms with Crippen LogP contribution in [0.1, 0.15) is 15.9 Å². The number of nitriles is 1. The number of hydrogen-bond acceptors (Lipinski definition) is 2. The van der Waals surface area contributed by atoms with Gasteiger partial charge in [0, 0.05) is 20.2 Å². The predicted molar refractivity (Wildman–Crippen MR) is 48.0 cm³/mol. The highest BCUT2D eigenvalue weighted by molar-refractivity contribution is 5.96. The van der Waals surface area contributed by atoms with E-state index in [2.05, 4.69) is 6.07 Å². The Labute approximate surface area is 81.4 Å². The fourth-order valence-corrected chi connectivity index (χ4v) is 0.975. The smallest absolute Gasteiger partial charge is 0.254 e. The second kappa shape index (κ2) is 3.88. The summed E-state index contributed by atoms with van der Waals surface area (Å²) in [6.07, 6.45) is 0. The molecule has 0 fully saturated rings. The number of rotatable bonds is 1. The highest BCUT2D eigenvalue weighted by atomic mass is 19.1. The zero-order valence-electron chi connectivity index (χ0n) is 7.84. The summed E-state index contributed by atoms with van der Waals surface area (Å²) < 4.78 is 12.7. The van der Waals surface area contributed by atoms with Crippen LogP contribution in [0.5, 0.6) is 0 Å². The van der Waals surface area contributed by atoms with Crippen LogP contribution in [-0.4, -0.2) is 24.9 Å².